The zero-order valence-electron chi connectivity index (χ0n) is 26.8. The number of ether oxygens (including phenoxy) is 3. The molecule has 2 rings (SSSR count). The normalized spacial score (nSPS) is 10.2. The molecule has 48 heavy (non-hydrogen) atoms. The lowest BCUT2D eigenvalue weighted by Crippen LogP contribution is -2.23. The maximum atomic E-state index is 11.5. The molecule has 0 bridgehead atoms. The highest BCUT2D eigenvalue weighted by Gasteiger charge is 2.20. The minimum absolute atomic E-state index is 0. The number of nitrogens with two attached hydrogens (primary N) is 1. The first kappa shape index (κ1) is 47.8. The van der Waals surface area contributed by atoms with Crippen molar-refractivity contribution in [3.8, 4) is 0 Å². The van der Waals surface area contributed by atoms with E-state index in [0.29, 0.717) is 19.5 Å². The molecule has 0 saturated heterocycles. The maximum absolute atomic E-state index is 11.5. The second-order valence-electron chi connectivity index (χ2n) is 9.75. The fourth-order valence-corrected chi connectivity index (χ4v) is 3.20. The molecule has 0 unspecified atom stereocenters. The minimum atomic E-state index is -0.700. The van der Waals surface area contributed by atoms with Gasteiger partial charge in [0, 0.05) is 50.6 Å². The number of allylic oxidation sites excluding steroid dienone is 1. The second kappa shape index (κ2) is 24.6. The number of esters is 3. The van der Waals surface area contributed by atoms with Gasteiger partial charge in [0.25, 0.3) is 0 Å². The number of nitrogens with zero attached hydrogens (tertiary/aromatic N) is 4. The summed E-state index contributed by atoms with van der Waals surface area (Å²) < 4.78 is 14.2. The van der Waals surface area contributed by atoms with Crippen LogP contribution in [0.1, 0.15) is 54.3 Å². The molecule has 0 spiro atoms. The van der Waals surface area contributed by atoms with E-state index in [-0.39, 0.29) is 90.3 Å². The van der Waals surface area contributed by atoms with E-state index in [1.807, 2.05) is 0 Å². The fourth-order valence-electron chi connectivity index (χ4n) is 3.20. The first-order valence-corrected chi connectivity index (χ1v) is 13.4. The third-order valence-electron chi connectivity index (χ3n) is 5.15. The summed E-state index contributed by atoms with van der Waals surface area (Å²) in [7, 11) is 2.38. The molecule has 268 valence electrons. The maximum Gasteiger partial charge on any atom is 0.339 e. The molecule has 0 aliphatic rings. The number of hydrogen-bond donors (Lipinski definition) is 3. The van der Waals surface area contributed by atoms with Crippen molar-refractivity contribution in [2.45, 2.75) is 39.2 Å². The average molecular weight is 741 g/mol. The van der Waals surface area contributed by atoms with Crippen LogP contribution < -0.4 is 16.4 Å². The highest BCUT2D eigenvalue weighted by molar-refractivity contribution is 5.91. The van der Waals surface area contributed by atoms with Crippen molar-refractivity contribution in [1.29, 1.82) is 0 Å². The van der Waals surface area contributed by atoms with Crippen LogP contribution in [0.15, 0.2) is 48.8 Å². The summed E-state index contributed by atoms with van der Waals surface area (Å²) in [4.78, 5) is 62.8. The highest BCUT2D eigenvalue weighted by atomic mass is 35.5. The van der Waals surface area contributed by atoms with Gasteiger partial charge >= 0.3 is 29.3 Å². The van der Waals surface area contributed by atoms with Crippen LogP contribution in [0.25, 0.3) is 0 Å². The van der Waals surface area contributed by atoms with Gasteiger partial charge in [0.2, 0.25) is 11.6 Å². The molecule has 0 aliphatic heterocycles. The van der Waals surface area contributed by atoms with E-state index in [1.54, 1.807) is 45.1 Å². The van der Waals surface area contributed by atoms with Gasteiger partial charge in [-0.1, -0.05) is 24.3 Å². The first-order chi connectivity index (χ1) is 21.2. The van der Waals surface area contributed by atoms with Crippen LogP contribution in [-0.2, 0) is 19.0 Å². The van der Waals surface area contributed by atoms with Gasteiger partial charge in [0.15, 0.2) is 0 Å². The minimum Gasteiger partial charge on any atom is -0.465 e. The third-order valence-corrected chi connectivity index (χ3v) is 5.15. The average Bonchev–Trinajstić information content (AvgIpc) is 2.99. The number of nitrogens with one attached hydrogen (secondary N) is 2. The standard InChI is InChI=1S/C17H23N3O6.C11H14N4O4.3ClH/c1-17(2,3)26-14(21)8-6-5-7-9-18-15-13(20(23)24)10-12(11-19-15)16(22)25-4;1-19-11(16)8-6-9(15(17)18)10(14-7-8)13-5-3-2-4-12;;;/h5,7,10-11H,6,8-9H2,1-4H3,(H,18,19);2-3,6-7H,4-5,12H2,1H3,(H,13,14);3*1H/b7-5+;3-2+;;;. The lowest BCUT2D eigenvalue weighted by atomic mass is 10.2. The van der Waals surface area contributed by atoms with Crippen LogP contribution in [0, 0.1) is 20.2 Å². The van der Waals surface area contributed by atoms with Gasteiger partial charge in [0.05, 0.1) is 35.2 Å². The van der Waals surface area contributed by atoms with Crippen LogP contribution in [-0.4, -0.2) is 77.2 Å². The number of aromatic nitrogens is 2. The molecule has 0 saturated carbocycles. The van der Waals surface area contributed by atoms with Crippen LogP contribution in [0.2, 0.25) is 0 Å². The zero-order valence-corrected chi connectivity index (χ0v) is 29.3. The molecule has 2 aromatic heterocycles. The smallest absolute Gasteiger partial charge is 0.339 e. The number of anilines is 2. The van der Waals surface area contributed by atoms with E-state index in [4.69, 9.17) is 10.5 Å². The Hall–Kier alpha value is -4.58. The summed E-state index contributed by atoms with van der Waals surface area (Å²) in [5.74, 6) is -1.54. The summed E-state index contributed by atoms with van der Waals surface area (Å²) in [5, 5.41) is 27.6. The Morgan fingerprint density at radius 1 is 0.812 bits per heavy atom. The van der Waals surface area contributed by atoms with Gasteiger partial charge in [-0.15, -0.1) is 37.2 Å². The molecule has 0 aliphatic carbocycles. The number of hydrogen-bond acceptors (Lipinski definition) is 15. The van der Waals surface area contributed by atoms with Crippen molar-refractivity contribution in [3.05, 3.63) is 80.2 Å². The summed E-state index contributed by atoms with van der Waals surface area (Å²) in [6.07, 6.45) is 10.1. The number of rotatable bonds is 14. The van der Waals surface area contributed by atoms with Crippen molar-refractivity contribution in [1.82, 2.24) is 9.97 Å². The highest BCUT2D eigenvalue weighted by Crippen LogP contribution is 2.24. The number of nitro groups is 2. The molecule has 4 N–H and O–H groups in total. The predicted molar refractivity (Wildman–Crippen MR) is 186 cm³/mol. The van der Waals surface area contributed by atoms with Crippen molar-refractivity contribution < 1.29 is 38.4 Å². The van der Waals surface area contributed by atoms with E-state index in [9.17, 15) is 34.6 Å². The number of carbonyl (C=O) groups is 3. The molecule has 20 heteroatoms. The Morgan fingerprint density at radius 3 is 1.58 bits per heavy atom. The number of pyridine rings is 2. The van der Waals surface area contributed by atoms with E-state index in [1.165, 1.54) is 26.6 Å². The second-order valence-corrected chi connectivity index (χ2v) is 9.75. The topological polar surface area (TPSA) is 241 Å². The van der Waals surface area contributed by atoms with E-state index < -0.39 is 27.4 Å². The van der Waals surface area contributed by atoms with Crippen LogP contribution in [0.5, 0.6) is 0 Å². The number of halogens is 3. The van der Waals surface area contributed by atoms with Gasteiger partial charge in [-0.25, -0.2) is 19.6 Å². The SMILES string of the molecule is COC(=O)c1cnc(NC/C=C/CCC(=O)OC(C)(C)C)c([N+](=O)[O-])c1.COC(=O)c1cnc(NC/C=C/CN)c([N+](=O)[O-])c1.Cl.Cl.Cl. The molecule has 0 fully saturated rings. The molecule has 2 heterocycles. The Kier molecular flexibility index (Phi) is 24.5. The molecule has 0 amide bonds. The molecule has 17 nitrogen and oxygen atoms in total. The number of carbonyl (C=O) groups excluding carboxylic acids is 3. The van der Waals surface area contributed by atoms with Crippen molar-refractivity contribution in [2.75, 3.05) is 44.5 Å². The molecule has 0 aromatic carbocycles. The van der Waals surface area contributed by atoms with Gasteiger partial charge in [-0.3, -0.25) is 25.0 Å². The van der Waals surface area contributed by atoms with Gasteiger partial charge < -0.3 is 30.6 Å². The Bertz CT molecular complexity index is 1420. The molecule has 2 aromatic rings. The Balaban J connectivity index is -0.000000827. The van der Waals surface area contributed by atoms with Crippen molar-refractivity contribution in [3.63, 3.8) is 0 Å². The number of methoxy groups -OCH3 is 2. The molecule has 0 radical (unpaired) electrons. The first-order valence-electron chi connectivity index (χ1n) is 13.4. The lowest BCUT2D eigenvalue weighted by Gasteiger charge is -2.19. The Morgan fingerprint density at radius 2 is 1.23 bits per heavy atom. The summed E-state index contributed by atoms with van der Waals surface area (Å²) >= 11 is 0. The van der Waals surface area contributed by atoms with E-state index in [2.05, 4.69) is 30.1 Å². The predicted octanol–water partition coefficient (Wildman–Crippen LogP) is 4.84. The van der Waals surface area contributed by atoms with Crippen LogP contribution in [0.4, 0.5) is 23.0 Å². The summed E-state index contributed by atoms with van der Waals surface area (Å²) in [6, 6.07) is 2.22. The van der Waals surface area contributed by atoms with Gasteiger partial charge in [0.1, 0.15) is 5.60 Å². The lowest BCUT2D eigenvalue weighted by molar-refractivity contribution is -0.384. The molecular weight excluding hydrogens is 701 g/mol. The van der Waals surface area contributed by atoms with Crippen LogP contribution >= 0.6 is 37.2 Å². The van der Waals surface area contributed by atoms with E-state index >= 15 is 0 Å². The van der Waals surface area contributed by atoms with Crippen molar-refractivity contribution >= 4 is 78.1 Å². The monoisotopic (exact) mass is 739 g/mol. The third kappa shape index (κ3) is 17.9. The Labute approximate surface area is 295 Å². The largest absolute Gasteiger partial charge is 0.465 e. The van der Waals surface area contributed by atoms with Gasteiger partial charge in [-0.2, -0.15) is 0 Å². The summed E-state index contributed by atoms with van der Waals surface area (Å²) in [5.41, 5.74) is 4.17. The fraction of sp³-hybridized carbons (Fsp3) is 0.393. The zero-order chi connectivity index (χ0) is 34.0. The molecule has 0 atom stereocenters. The quantitative estimate of drug-likeness (QED) is 0.0772. The van der Waals surface area contributed by atoms with E-state index in [0.717, 1.165) is 12.1 Å². The van der Waals surface area contributed by atoms with Crippen LogP contribution in [0.3, 0.4) is 0 Å². The van der Waals surface area contributed by atoms with Gasteiger partial charge in [-0.05, 0) is 27.2 Å². The summed E-state index contributed by atoms with van der Waals surface area (Å²) in [6.45, 7) is 6.42. The molecular formula is C28H40Cl3N7O10. The van der Waals surface area contributed by atoms with Crippen molar-refractivity contribution in [2.24, 2.45) is 5.73 Å².